The van der Waals surface area contributed by atoms with E-state index in [2.05, 4.69) is 5.32 Å². The predicted molar refractivity (Wildman–Crippen MR) is 47.9 cm³/mol. The molecule has 4 heteroatoms. The number of hydrogen-bond acceptors (Lipinski definition) is 2. The van der Waals surface area contributed by atoms with Gasteiger partial charge in [-0.2, -0.15) is 0 Å². The number of carbonyl (C=O) groups is 2. The van der Waals surface area contributed by atoms with Crippen molar-refractivity contribution in [2.75, 3.05) is 0 Å². The fraction of sp³-hybridized carbons (Fsp3) is 0.556. The van der Waals surface area contributed by atoms with Crippen molar-refractivity contribution in [3.63, 3.8) is 0 Å². The Hall–Kier alpha value is -1.50. The van der Waals surface area contributed by atoms with Gasteiger partial charge >= 0.3 is 5.97 Å². The molecule has 0 aromatic carbocycles. The van der Waals surface area contributed by atoms with Crippen LogP contribution in [0.3, 0.4) is 0 Å². The Morgan fingerprint density at radius 3 is 2.69 bits per heavy atom. The SMILES string of the molecule is C#CC(=O)NC(C)CCCC(=O)O. The first-order valence-electron chi connectivity index (χ1n) is 4.05. The van der Waals surface area contributed by atoms with Crippen LogP contribution in [-0.2, 0) is 9.59 Å². The lowest BCUT2D eigenvalue weighted by Gasteiger charge is -2.09. The van der Waals surface area contributed by atoms with Crippen LogP contribution in [0.5, 0.6) is 0 Å². The van der Waals surface area contributed by atoms with E-state index in [1.807, 2.05) is 5.92 Å². The van der Waals surface area contributed by atoms with E-state index in [0.29, 0.717) is 12.8 Å². The Morgan fingerprint density at radius 2 is 2.23 bits per heavy atom. The van der Waals surface area contributed by atoms with Gasteiger partial charge in [-0.3, -0.25) is 9.59 Å². The molecule has 0 bridgehead atoms. The highest BCUT2D eigenvalue weighted by Gasteiger charge is 2.05. The highest BCUT2D eigenvalue weighted by atomic mass is 16.4. The molecule has 0 saturated carbocycles. The van der Waals surface area contributed by atoms with Crippen LogP contribution in [0.4, 0.5) is 0 Å². The molecule has 1 amide bonds. The number of hydrogen-bond donors (Lipinski definition) is 2. The number of carboxylic acids is 1. The molecule has 13 heavy (non-hydrogen) atoms. The zero-order valence-electron chi connectivity index (χ0n) is 7.54. The fourth-order valence-electron chi connectivity index (χ4n) is 0.897. The van der Waals surface area contributed by atoms with E-state index >= 15 is 0 Å². The standard InChI is InChI=1S/C9H13NO3/c1-3-8(11)10-7(2)5-4-6-9(12)13/h1,7H,4-6H2,2H3,(H,10,11)(H,12,13). The van der Waals surface area contributed by atoms with Gasteiger partial charge < -0.3 is 10.4 Å². The van der Waals surface area contributed by atoms with Gasteiger partial charge in [-0.15, -0.1) is 6.42 Å². The van der Waals surface area contributed by atoms with Crippen LogP contribution in [0, 0.1) is 12.3 Å². The van der Waals surface area contributed by atoms with Gasteiger partial charge in [-0.25, -0.2) is 0 Å². The van der Waals surface area contributed by atoms with E-state index in [-0.39, 0.29) is 12.5 Å². The van der Waals surface area contributed by atoms with Crippen LogP contribution in [0.1, 0.15) is 26.2 Å². The molecule has 2 N–H and O–H groups in total. The number of nitrogens with one attached hydrogen (secondary N) is 1. The molecular formula is C9H13NO3. The number of carbonyl (C=O) groups excluding carboxylic acids is 1. The zero-order chi connectivity index (χ0) is 10.3. The van der Waals surface area contributed by atoms with Crippen LogP contribution < -0.4 is 5.32 Å². The van der Waals surface area contributed by atoms with Crippen molar-refractivity contribution in [2.45, 2.75) is 32.2 Å². The Balaban J connectivity index is 3.52. The maximum absolute atomic E-state index is 10.7. The topological polar surface area (TPSA) is 66.4 Å². The Morgan fingerprint density at radius 1 is 1.62 bits per heavy atom. The summed E-state index contributed by atoms with van der Waals surface area (Å²) in [6.07, 6.45) is 6.13. The fourth-order valence-corrected chi connectivity index (χ4v) is 0.897. The Labute approximate surface area is 77.3 Å². The third-order valence-corrected chi connectivity index (χ3v) is 1.54. The molecular weight excluding hydrogens is 170 g/mol. The van der Waals surface area contributed by atoms with Gasteiger partial charge in [0.25, 0.3) is 5.91 Å². The second-order valence-corrected chi connectivity index (χ2v) is 2.80. The third-order valence-electron chi connectivity index (χ3n) is 1.54. The average molecular weight is 183 g/mol. The predicted octanol–water partition coefficient (Wildman–Crippen LogP) is 0.379. The van der Waals surface area contributed by atoms with E-state index in [0.717, 1.165) is 0 Å². The van der Waals surface area contributed by atoms with Gasteiger partial charge in [-0.1, -0.05) is 0 Å². The van der Waals surface area contributed by atoms with Gasteiger partial charge in [0.15, 0.2) is 0 Å². The van der Waals surface area contributed by atoms with E-state index in [4.69, 9.17) is 11.5 Å². The average Bonchev–Trinajstić information content (AvgIpc) is 2.03. The number of rotatable bonds is 5. The first kappa shape index (κ1) is 11.5. The zero-order valence-corrected chi connectivity index (χ0v) is 7.54. The molecule has 0 aromatic rings. The lowest BCUT2D eigenvalue weighted by atomic mass is 10.1. The molecule has 0 saturated heterocycles. The lowest BCUT2D eigenvalue weighted by molar-refractivity contribution is -0.137. The molecule has 1 unspecified atom stereocenters. The van der Waals surface area contributed by atoms with Crippen LogP contribution in [0.2, 0.25) is 0 Å². The first-order valence-corrected chi connectivity index (χ1v) is 4.05. The highest BCUT2D eigenvalue weighted by molar-refractivity contribution is 5.92. The van der Waals surface area contributed by atoms with Crippen LogP contribution >= 0.6 is 0 Å². The third kappa shape index (κ3) is 6.88. The minimum absolute atomic E-state index is 0.0668. The number of amides is 1. The van der Waals surface area contributed by atoms with E-state index < -0.39 is 11.9 Å². The molecule has 0 spiro atoms. The molecule has 0 aliphatic rings. The van der Waals surface area contributed by atoms with Crippen molar-refractivity contribution in [3.05, 3.63) is 0 Å². The van der Waals surface area contributed by atoms with Crippen LogP contribution in [0.15, 0.2) is 0 Å². The second-order valence-electron chi connectivity index (χ2n) is 2.80. The molecule has 4 nitrogen and oxygen atoms in total. The monoisotopic (exact) mass is 183 g/mol. The molecule has 0 aromatic heterocycles. The number of carboxylic acid groups (broad SMARTS) is 1. The highest BCUT2D eigenvalue weighted by Crippen LogP contribution is 1.99. The molecule has 0 radical (unpaired) electrons. The summed E-state index contributed by atoms with van der Waals surface area (Å²) in [6.45, 7) is 1.79. The Kier molecular flexibility index (Phi) is 5.37. The molecule has 0 fully saturated rings. The number of aliphatic carboxylic acids is 1. The summed E-state index contributed by atoms with van der Waals surface area (Å²) >= 11 is 0. The van der Waals surface area contributed by atoms with Gasteiger partial charge in [0.1, 0.15) is 0 Å². The van der Waals surface area contributed by atoms with Gasteiger partial charge in [-0.05, 0) is 25.7 Å². The van der Waals surface area contributed by atoms with Crippen molar-refractivity contribution in [1.82, 2.24) is 5.32 Å². The van der Waals surface area contributed by atoms with Crippen molar-refractivity contribution >= 4 is 11.9 Å². The molecule has 72 valence electrons. The summed E-state index contributed by atoms with van der Waals surface area (Å²) in [4.78, 5) is 20.8. The Bertz CT molecular complexity index is 230. The molecule has 1 atom stereocenters. The normalized spacial score (nSPS) is 11.4. The molecule has 0 rings (SSSR count). The van der Waals surface area contributed by atoms with E-state index in [1.165, 1.54) is 0 Å². The minimum atomic E-state index is -0.824. The van der Waals surface area contributed by atoms with Gasteiger partial charge in [0, 0.05) is 12.5 Å². The summed E-state index contributed by atoms with van der Waals surface area (Å²) in [5, 5.41) is 10.9. The summed E-state index contributed by atoms with van der Waals surface area (Å²) < 4.78 is 0. The first-order chi connectivity index (χ1) is 6.06. The quantitative estimate of drug-likeness (QED) is 0.605. The maximum Gasteiger partial charge on any atom is 0.303 e. The van der Waals surface area contributed by atoms with Gasteiger partial charge in [0.05, 0.1) is 0 Å². The molecule has 0 aliphatic heterocycles. The lowest BCUT2D eigenvalue weighted by Crippen LogP contribution is -2.31. The van der Waals surface area contributed by atoms with E-state index in [1.54, 1.807) is 6.92 Å². The summed E-state index contributed by atoms with van der Waals surface area (Å²) in [7, 11) is 0. The van der Waals surface area contributed by atoms with Crippen LogP contribution in [-0.4, -0.2) is 23.0 Å². The van der Waals surface area contributed by atoms with Crippen LogP contribution in [0.25, 0.3) is 0 Å². The van der Waals surface area contributed by atoms with E-state index in [9.17, 15) is 9.59 Å². The second kappa shape index (κ2) is 6.06. The van der Waals surface area contributed by atoms with Crippen molar-refractivity contribution in [2.24, 2.45) is 0 Å². The summed E-state index contributed by atoms with van der Waals surface area (Å²) in [5.41, 5.74) is 0. The van der Waals surface area contributed by atoms with Gasteiger partial charge in [0.2, 0.25) is 0 Å². The summed E-state index contributed by atoms with van der Waals surface area (Å²) in [6, 6.07) is -0.0668. The van der Waals surface area contributed by atoms with Crippen molar-refractivity contribution in [1.29, 1.82) is 0 Å². The number of terminal acetylenes is 1. The maximum atomic E-state index is 10.7. The largest absolute Gasteiger partial charge is 0.481 e. The molecule has 0 heterocycles. The minimum Gasteiger partial charge on any atom is -0.481 e. The van der Waals surface area contributed by atoms with Crippen molar-refractivity contribution < 1.29 is 14.7 Å². The summed E-state index contributed by atoms with van der Waals surface area (Å²) in [5.74, 6) is 0.649. The molecule has 0 aliphatic carbocycles. The van der Waals surface area contributed by atoms with Crippen molar-refractivity contribution in [3.8, 4) is 12.3 Å². The smallest absolute Gasteiger partial charge is 0.303 e.